The summed E-state index contributed by atoms with van der Waals surface area (Å²) in [6.45, 7) is 9.24. The van der Waals surface area contributed by atoms with Crippen LogP contribution < -0.4 is 10.2 Å². The Morgan fingerprint density at radius 1 is 1.30 bits per heavy atom. The lowest BCUT2D eigenvalue weighted by molar-refractivity contribution is -0.121. The molecule has 0 unspecified atom stereocenters. The van der Waals surface area contributed by atoms with E-state index in [1.165, 1.54) is 11.8 Å². The lowest BCUT2D eigenvalue weighted by atomic mass is 9.90. The molecule has 1 saturated heterocycles. The minimum absolute atomic E-state index is 0.0134. The minimum atomic E-state index is -0.923. The number of rotatable bonds is 7. The van der Waals surface area contributed by atoms with E-state index >= 15 is 0 Å². The van der Waals surface area contributed by atoms with E-state index in [2.05, 4.69) is 26.5 Å². The second-order valence-electron chi connectivity index (χ2n) is 8.01. The van der Waals surface area contributed by atoms with Crippen LogP contribution in [0.2, 0.25) is 5.02 Å². The van der Waals surface area contributed by atoms with Crippen LogP contribution in [0.1, 0.15) is 40.5 Å². The van der Waals surface area contributed by atoms with Crippen LogP contribution in [0.4, 0.5) is 5.95 Å². The number of nitrogens with one attached hydrogen (secondary N) is 1. The topological polar surface area (TPSA) is 86.8 Å². The first-order chi connectivity index (χ1) is 14.2. The van der Waals surface area contributed by atoms with Gasteiger partial charge >= 0.3 is 0 Å². The molecule has 0 spiro atoms. The van der Waals surface area contributed by atoms with Crippen molar-refractivity contribution in [3.05, 3.63) is 29.3 Å². The molecule has 2 atom stereocenters. The van der Waals surface area contributed by atoms with E-state index in [9.17, 15) is 10.1 Å². The molecule has 1 N–H and O–H groups in total. The Bertz CT molecular complexity index is 949. The van der Waals surface area contributed by atoms with Crippen molar-refractivity contribution in [3.8, 4) is 11.8 Å². The number of hydrogen-bond acceptors (Lipinski definition) is 6. The van der Waals surface area contributed by atoms with E-state index in [-0.39, 0.29) is 11.8 Å². The van der Waals surface area contributed by atoms with Gasteiger partial charge in [-0.1, -0.05) is 43.3 Å². The van der Waals surface area contributed by atoms with Gasteiger partial charge in [-0.05, 0) is 50.8 Å². The summed E-state index contributed by atoms with van der Waals surface area (Å²) < 4.78 is 1.96. The van der Waals surface area contributed by atoms with Crippen LogP contribution in [0.3, 0.4) is 0 Å². The number of aromatic nitrogens is 3. The number of thioether (sulfide) groups is 1. The molecule has 0 bridgehead atoms. The lowest BCUT2D eigenvalue weighted by Crippen LogP contribution is -2.51. The molecule has 1 fully saturated rings. The summed E-state index contributed by atoms with van der Waals surface area (Å²) in [4.78, 5) is 15.0. The summed E-state index contributed by atoms with van der Waals surface area (Å²) in [6, 6.07) is 9.74. The molecule has 30 heavy (non-hydrogen) atoms. The van der Waals surface area contributed by atoms with Crippen molar-refractivity contribution >= 4 is 35.2 Å². The van der Waals surface area contributed by atoms with E-state index in [1.54, 1.807) is 6.92 Å². The molecule has 160 valence electrons. The summed E-state index contributed by atoms with van der Waals surface area (Å²) in [7, 11) is 0. The van der Waals surface area contributed by atoms with Crippen LogP contribution in [0, 0.1) is 17.2 Å². The highest BCUT2D eigenvalue weighted by atomic mass is 35.5. The molecule has 7 nitrogen and oxygen atoms in total. The first-order valence-corrected chi connectivity index (χ1v) is 11.4. The molecule has 0 saturated carbocycles. The third kappa shape index (κ3) is 4.73. The number of hydrogen-bond donors (Lipinski definition) is 1. The number of nitriles is 1. The zero-order valence-corrected chi connectivity index (χ0v) is 19.3. The Kier molecular flexibility index (Phi) is 6.94. The van der Waals surface area contributed by atoms with Crippen molar-refractivity contribution in [2.24, 2.45) is 5.92 Å². The van der Waals surface area contributed by atoms with Gasteiger partial charge in [0.05, 0.1) is 17.0 Å². The van der Waals surface area contributed by atoms with Gasteiger partial charge in [0.1, 0.15) is 5.54 Å². The largest absolute Gasteiger partial charge is 0.341 e. The smallest absolute Gasteiger partial charge is 0.234 e. The number of benzene rings is 1. The average molecular weight is 447 g/mol. The Morgan fingerprint density at radius 2 is 2.00 bits per heavy atom. The standard InChI is InChI=1S/C21H27ClN6OS/c1-14(2)21(4,13-23)24-18(29)15(3)30-20-26-25-19(27-10-5-6-11-27)28(20)17-9-7-8-16(22)12-17/h7-9,12,14-15H,5-6,10-11H2,1-4H3,(H,24,29)/t15-,21+/m1/s1. The molecule has 3 rings (SSSR count). The highest BCUT2D eigenvalue weighted by molar-refractivity contribution is 8.00. The number of carbonyl (C=O) groups excluding carboxylic acids is 1. The molecule has 9 heteroatoms. The highest BCUT2D eigenvalue weighted by Crippen LogP contribution is 2.32. The van der Waals surface area contributed by atoms with Crippen LogP contribution in [0.25, 0.3) is 5.69 Å². The van der Waals surface area contributed by atoms with Gasteiger partial charge in [0, 0.05) is 18.1 Å². The Balaban J connectivity index is 1.89. The predicted molar refractivity (Wildman–Crippen MR) is 120 cm³/mol. The molecule has 0 aliphatic carbocycles. The molecule has 1 amide bonds. The third-order valence-corrected chi connectivity index (χ3v) is 6.77. The zero-order valence-electron chi connectivity index (χ0n) is 17.7. The first kappa shape index (κ1) is 22.4. The fourth-order valence-electron chi connectivity index (χ4n) is 3.17. The minimum Gasteiger partial charge on any atom is -0.341 e. The SMILES string of the molecule is CC(C)[C@](C)(C#N)NC(=O)[C@@H](C)Sc1nnc(N2CCCC2)n1-c1cccc(Cl)c1. The van der Waals surface area contributed by atoms with E-state index in [4.69, 9.17) is 11.6 Å². The van der Waals surface area contributed by atoms with Gasteiger partial charge < -0.3 is 10.2 Å². The van der Waals surface area contributed by atoms with Gasteiger partial charge in [-0.3, -0.25) is 9.36 Å². The van der Waals surface area contributed by atoms with Crippen molar-refractivity contribution < 1.29 is 4.79 Å². The average Bonchev–Trinajstić information content (AvgIpc) is 3.37. The number of halogens is 1. The fraction of sp³-hybridized carbons (Fsp3) is 0.524. The summed E-state index contributed by atoms with van der Waals surface area (Å²) in [5.41, 5.74) is -0.0682. The van der Waals surface area contributed by atoms with Crippen LogP contribution in [0.5, 0.6) is 0 Å². The quantitative estimate of drug-likeness (QED) is 0.645. The number of carbonyl (C=O) groups is 1. The molecule has 1 aliphatic rings. The van der Waals surface area contributed by atoms with E-state index in [0.29, 0.717) is 10.2 Å². The summed E-state index contributed by atoms with van der Waals surface area (Å²) in [6.07, 6.45) is 2.23. The second-order valence-corrected chi connectivity index (χ2v) is 9.75. The molecule has 1 aliphatic heterocycles. The van der Waals surface area contributed by atoms with Gasteiger partial charge in [0.15, 0.2) is 5.16 Å². The fourth-order valence-corrected chi connectivity index (χ4v) is 4.22. The Hall–Kier alpha value is -2.24. The molecule has 1 aromatic carbocycles. The second kappa shape index (κ2) is 9.27. The first-order valence-electron chi connectivity index (χ1n) is 10.1. The van der Waals surface area contributed by atoms with Crippen molar-refractivity contribution in [2.75, 3.05) is 18.0 Å². The van der Waals surface area contributed by atoms with Crippen LogP contribution in [-0.4, -0.2) is 44.6 Å². The molecule has 1 aromatic heterocycles. The van der Waals surface area contributed by atoms with Gasteiger partial charge in [0.2, 0.25) is 11.9 Å². The molecule has 2 heterocycles. The monoisotopic (exact) mass is 446 g/mol. The molecular weight excluding hydrogens is 420 g/mol. The van der Waals surface area contributed by atoms with Crippen molar-refractivity contribution in [3.63, 3.8) is 0 Å². The Labute approximate surface area is 186 Å². The van der Waals surface area contributed by atoms with Crippen molar-refractivity contribution in [2.45, 2.75) is 56.5 Å². The van der Waals surface area contributed by atoms with E-state index in [0.717, 1.165) is 37.6 Å². The van der Waals surface area contributed by atoms with E-state index < -0.39 is 10.8 Å². The van der Waals surface area contributed by atoms with Crippen LogP contribution in [-0.2, 0) is 4.79 Å². The predicted octanol–water partition coefficient (Wildman–Crippen LogP) is 4.06. The maximum absolute atomic E-state index is 12.8. The van der Waals surface area contributed by atoms with Gasteiger partial charge in [-0.15, -0.1) is 10.2 Å². The maximum Gasteiger partial charge on any atom is 0.234 e. The van der Waals surface area contributed by atoms with Crippen LogP contribution >= 0.6 is 23.4 Å². The van der Waals surface area contributed by atoms with Crippen molar-refractivity contribution in [1.82, 2.24) is 20.1 Å². The Morgan fingerprint density at radius 3 is 2.60 bits per heavy atom. The van der Waals surface area contributed by atoms with Crippen molar-refractivity contribution in [1.29, 1.82) is 5.26 Å². The zero-order chi connectivity index (χ0) is 21.9. The normalized spacial score (nSPS) is 16.9. The van der Waals surface area contributed by atoms with E-state index in [1.807, 2.05) is 49.6 Å². The lowest BCUT2D eigenvalue weighted by Gasteiger charge is -2.28. The molecule has 2 aromatic rings. The summed E-state index contributed by atoms with van der Waals surface area (Å²) in [5.74, 6) is 0.538. The van der Waals surface area contributed by atoms with Gasteiger partial charge in [-0.25, -0.2) is 0 Å². The highest BCUT2D eigenvalue weighted by Gasteiger charge is 2.33. The summed E-state index contributed by atoms with van der Waals surface area (Å²) in [5, 5.41) is 22.0. The molecule has 0 radical (unpaired) electrons. The molecular formula is C21H27ClN6OS. The number of nitrogens with zero attached hydrogens (tertiary/aromatic N) is 5. The number of anilines is 1. The maximum atomic E-state index is 12.8. The summed E-state index contributed by atoms with van der Waals surface area (Å²) >= 11 is 7.55. The van der Waals surface area contributed by atoms with Gasteiger partial charge in [-0.2, -0.15) is 5.26 Å². The van der Waals surface area contributed by atoms with Crippen LogP contribution in [0.15, 0.2) is 29.4 Å². The van der Waals surface area contributed by atoms with Gasteiger partial charge in [0.25, 0.3) is 0 Å². The number of amides is 1. The third-order valence-electron chi connectivity index (χ3n) is 5.49.